The fourth-order valence-corrected chi connectivity index (χ4v) is 3.02. The predicted octanol–water partition coefficient (Wildman–Crippen LogP) is 3.76. The minimum Gasteiger partial charge on any atom is -0.307 e. The molecule has 1 N–H and O–H groups in total. The second-order valence-corrected chi connectivity index (χ2v) is 4.99. The van der Waals surface area contributed by atoms with Crippen molar-refractivity contribution in [3.05, 3.63) is 50.4 Å². The Labute approximate surface area is 108 Å². The summed E-state index contributed by atoms with van der Waals surface area (Å²) in [5, 5.41) is 6.53. The van der Waals surface area contributed by atoms with Gasteiger partial charge in [0.2, 0.25) is 0 Å². The van der Waals surface area contributed by atoms with E-state index in [0.717, 1.165) is 15.6 Å². The van der Waals surface area contributed by atoms with E-state index >= 15 is 0 Å². The van der Waals surface area contributed by atoms with Crippen LogP contribution in [0, 0.1) is 0 Å². The summed E-state index contributed by atoms with van der Waals surface area (Å²) in [6, 6.07) is 5.47. The smallest absolute Gasteiger partial charge is 0.0872 e. The van der Waals surface area contributed by atoms with Gasteiger partial charge in [0.05, 0.1) is 21.8 Å². The van der Waals surface area contributed by atoms with Crippen molar-refractivity contribution >= 4 is 34.5 Å². The first-order chi connectivity index (χ1) is 7.74. The van der Waals surface area contributed by atoms with Gasteiger partial charge in [0.1, 0.15) is 0 Å². The van der Waals surface area contributed by atoms with Gasteiger partial charge in [0.15, 0.2) is 0 Å². The SMILES string of the molecule is CNC(c1ncccc1Cl)c1sccc1Cl. The Morgan fingerprint density at radius 2 is 2.12 bits per heavy atom. The van der Waals surface area contributed by atoms with Gasteiger partial charge < -0.3 is 5.32 Å². The Morgan fingerprint density at radius 1 is 1.31 bits per heavy atom. The molecule has 2 aromatic rings. The lowest BCUT2D eigenvalue weighted by Gasteiger charge is -2.15. The fraction of sp³-hybridized carbons (Fsp3) is 0.182. The van der Waals surface area contributed by atoms with Crippen LogP contribution in [0.2, 0.25) is 10.0 Å². The molecule has 16 heavy (non-hydrogen) atoms. The molecule has 0 spiro atoms. The van der Waals surface area contributed by atoms with E-state index in [9.17, 15) is 0 Å². The average Bonchev–Trinajstić information content (AvgIpc) is 2.69. The predicted molar refractivity (Wildman–Crippen MR) is 69.5 cm³/mol. The molecule has 2 nitrogen and oxygen atoms in total. The van der Waals surface area contributed by atoms with Crippen LogP contribution >= 0.6 is 34.5 Å². The minimum atomic E-state index is -0.0544. The van der Waals surface area contributed by atoms with Gasteiger partial charge in [-0.2, -0.15) is 0 Å². The monoisotopic (exact) mass is 272 g/mol. The summed E-state index contributed by atoms with van der Waals surface area (Å²) >= 11 is 13.8. The quantitative estimate of drug-likeness (QED) is 0.921. The molecular weight excluding hydrogens is 263 g/mol. The van der Waals surface area contributed by atoms with Gasteiger partial charge in [-0.1, -0.05) is 23.2 Å². The molecule has 0 amide bonds. The van der Waals surface area contributed by atoms with Crippen LogP contribution in [-0.4, -0.2) is 12.0 Å². The number of hydrogen-bond acceptors (Lipinski definition) is 3. The number of hydrogen-bond donors (Lipinski definition) is 1. The zero-order chi connectivity index (χ0) is 11.5. The van der Waals surface area contributed by atoms with Crippen LogP contribution in [0.25, 0.3) is 0 Å². The Morgan fingerprint density at radius 3 is 2.69 bits per heavy atom. The summed E-state index contributed by atoms with van der Waals surface area (Å²) in [5.74, 6) is 0. The highest BCUT2D eigenvalue weighted by atomic mass is 35.5. The van der Waals surface area contributed by atoms with E-state index in [1.807, 2.05) is 30.6 Å². The average molecular weight is 273 g/mol. The second kappa shape index (κ2) is 5.15. The van der Waals surface area contributed by atoms with Crippen LogP contribution in [-0.2, 0) is 0 Å². The Kier molecular flexibility index (Phi) is 3.82. The third kappa shape index (κ3) is 2.23. The molecule has 0 radical (unpaired) electrons. The minimum absolute atomic E-state index is 0.0544. The number of pyridine rings is 1. The van der Waals surface area contributed by atoms with Crippen LogP contribution < -0.4 is 5.32 Å². The largest absolute Gasteiger partial charge is 0.307 e. The van der Waals surface area contributed by atoms with Crippen molar-refractivity contribution in [2.24, 2.45) is 0 Å². The van der Waals surface area contributed by atoms with Crippen molar-refractivity contribution < 1.29 is 0 Å². The fourth-order valence-electron chi connectivity index (χ4n) is 1.51. The van der Waals surface area contributed by atoms with E-state index < -0.39 is 0 Å². The van der Waals surface area contributed by atoms with Crippen LogP contribution in [0.1, 0.15) is 16.6 Å². The lowest BCUT2D eigenvalue weighted by Crippen LogP contribution is -2.18. The highest BCUT2D eigenvalue weighted by Gasteiger charge is 2.19. The van der Waals surface area contributed by atoms with Crippen molar-refractivity contribution in [1.29, 1.82) is 0 Å². The third-order valence-corrected chi connectivity index (χ3v) is 4.00. The van der Waals surface area contributed by atoms with Crippen molar-refractivity contribution in [2.45, 2.75) is 6.04 Å². The molecule has 0 fully saturated rings. The van der Waals surface area contributed by atoms with E-state index in [1.54, 1.807) is 17.5 Å². The number of thiophene rings is 1. The maximum Gasteiger partial charge on any atom is 0.0872 e. The summed E-state index contributed by atoms with van der Waals surface area (Å²) in [5.41, 5.74) is 0.802. The van der Waals surface area contributed by atoms with E-state index in [2.05, 4.69) is 10.3 Å². The molecule has 0 aliphatic rings. The van der Waals surface area contributed by atoms with E-state index in [4.69, 9.17) is 23.2 Å². The standard InChI is InChI=1S/C11H10Cl2N2S/c1-14-10(11-8(13)4-6-16-11)9-7(12)3-2-5-15-9/h2-6,10,14H,1H3. The first kappa shape index (κ1) is 11.9. The lowest BCUT2D eigenvalue weighted by molar-refractivity contribution is 0.683. The molecular formula is C11H10Cl2N2S. The summed E-state index contributed by atoms with van der Waals surface area (Å²) in [7, 11) is 1.87. The van der Waals surface area contributed by atoms with Gasteiger partial charge in [-0.3, -0.25) is 4.98 Å². The summed E-state index contributed by atoms with van der Waals surface area (Å²) < 4.78 is 0. The van der Waals surface area contributed by atoms with Gasteiger partial charge in [0.25, 0.3) is 0 Å². The Bertz CT molecular complexity index is 484. The second-order valence-electron chi connectivity index (χ2n) is 3.22. The van der Waals surface area contributed by atoms with Crippen molar-refractivity contribution in [2.75, 3.05) is 7.05 Å². The van der Waals surface area contributed by atoms with Gasteiger partial charge in [-0.05, 0) is 30.6 Å². The molecule has 84 valence electrons. The third-order valence-electron chi connectivity index (χ3n) is 2.26. The molecule has 5 heteroatoms. The number of halogens is 2. The van der Waals surface area contributed by atoms with Gasteiger partial charge in [-0.15, -0.1) is 11.3 Å². The first-order valence-corrected chi connectivity index (χ1v) is 6.38. The molecule has 0 bridgehead atoms. The zero-order valence-corrected chi connectivity index (χ0v) is 10.9. The first-order valence-electron chi connectivity index (χ1n) is 4.74. The molecule has 2 rings (SSSR count). The number of nitrogens with zero attached hydrogens (tertiary/aromatic N) is 1. The molecule has 2 aromatic heterocycles. The van der Waals surface area contributed by atoms with Crippen LogP contribution in [0.3, 0.4) is 0 Å². The molecule has 0 aliphatic carbocycles. The maximum absolute atomic E-state index is 6.13. The summed E-state index contributed by atoms with van der Waals surface area (Å²) in [6.07, 6.45) is 1.73. The Balaban J connectivity index is 2.45. The topological polar surface area (TPSA) is 24.9 Å². The Hall–Kier alpha value is -0.610. The molecule has 2 heterocycles. The normalized spacial score (nSPS) is 12.7. The van der Waals surface area contributed by atoms with Crippen molar-refractivity contribution in [1.82, 2.24) is 10.3 Å². The molecule has 0 saturated carbocycles. The summed E-state index contributed by atoms with van der Waals surface area (Å²) in [6.45, 7) is 0. The number of rotatable bonds is 3. The molecule has 0 aliphatic heterocycles. The number of aromatic nitrogens is 1. The molecule has 1 unspecified atom stereocenters. The molecule has 1 atom stereocenters. The highest BCUT2D eigenvalue weighted by Crippen LogP contribution is 2.34. The van der Waals surface area contributed by atoms with E-state index in [-0.39, 0.29) is 6.04 Å². The molecule has 0 aromatic carbocycles. The van der Waals surface area contributed by atoms with Crippen LogP contribution in [0.15, 0.2) is 29.8 Å². The van der Waals surface area contributed by atoms with E-state index in [0.29, 0.717) is 5.02 Å². The van der Waals surface area contributed by atoms with Crippen molar-refractivity contribution in [3.63, 3.8) is 0 Å². The molecule has 0 saturated heterocycles. The maximum atomic E-state index is 6.13. The lowest BCUT2D eigenvalue weighted by atomic mass is 10.1. The zero-order valence-electron chi connectivity index (χ0n) is 8.58. The highest BCUT2D eigenvalue weighted by molar-refractivity contribution is 7.10. The van der Waals surface area contributed by atoms with Gasteiger partial charge in [-0.25, -0.2) is 0 Å². The number of nitrogens with one attached hydrogen (secondary N) is 1. The summed E-state index contributed by atoms with van der Waals surface area (Å²) in [4.78, 5) is 5.33. The van der Waals surface area contributed by atoms with Crippen LogP contribution in [0.5, 0.6) is 0 Å². The van der Waals surface area contributed by atoms with Gasteiger partial charge in [0, 0.05) is 11.1 Å². The van der Waals surface area contributed by atoms with Crippen molar-refractivity contribution in [3.8, 4) is 0 Å². The van der Waals surface area contributed by atoms with Crippen LogP contribution in [0.4, 0.5) is 0 Å². The van der Waals surface area contributed by atoms with E-state index in [1.165, 1.54) is 0 Å². The van der Waals surface area contributed by atoms with Gasteiger partial charge >= 0.3 is 0 Å².